The molecule has 94 valence electrons. The molecule has 1 aromatic carbocycles. The van der Waals surface area contributed by atoms with Crippen LogP contribution in [0.25, 0.3) is 0 Å². The maximum atomic E-state index is 3.61. The van der Waals surface area contributed by atoms with Crippen LogP contribution < -0.4 is 5.32 Å². The van der Waals surface area contributed by atoms with Crippen molar-refractivity contribution in [3.63, 3.8) is 0 Å². The van der Waals surface area contributed by atoms with Crippen LogP contribution in [-0.4, -0.2) is 6.54 Å². The summed E-state index contributed by atoms with van der Waals surface area (Å²) in [6.45, 7) is 4.59. The molecule has 1 aliphatic rings. The Morgan fingerprint density at radius 1 is 1.24 bits per heavy atom. The predicted octanol–water partition coefficient (Wildman–Crippen LogP) is 4.21. The van der Waals surface area contributed by atoms with Crippen molar-refractivity contribution in [2.45, 2.75) is 39.2 Å². The lowest BCUT2D eigenvalue weighted by atomic mass is 9.83. The zero-order chi connectivity index (χ0) is 12.1. The van der Waals surface area contributed by atoms with Crippen molar-refractivity contribution < 1.29 is 0 Å². The molecule has 0 saturated heterocycles. The molecule has 0 heterocycles. The molecule has 0 spiro atoms. The fourth-order valence-electron chi connectivity index (χ4n) is 2.60. The van der Waals surface area contributed by atoms with E-state index in [0.717, 1.165) is 18.4 Å². The molecule has 1 nitrogen and oxygen atoms in total. The van der Waals surface area contributed by atoms with Gasteiger partial charge < -0.3 is 5.32 Å². The average molecular weight is 343 g/mol. The minimum Gasteiger partial charge on any atom is -0.312 e. The van der Waals surface area contributed by atoms with Crippen molar-refractivity contribution in [2.75, 3.05) is 6.54 Å². The summed E-state index contributed by atoms with van der Waals surface area (Å²) in [5, 5.41) is 3.61. The van der Waals surface area contributed by atoms with Crippen molar-refractivity contribution in [3.8, 4) is 0 Å². The Hall–Kier alpha value is -0.0900. The highest BCUT2D eigenvalue weighted by Gasteiger charge is 2.17. The van der Waals surface area contributed by atoms with E-state index in [-0.39, 0.29) is 0 Å². The van der Waals surface area contributed by atoms with Gasteiger partial charge in [0, 0.05) is 10.1 Å². The third-order valence-corrected chi connectivity index (χ3v) is 4.46. The summed E-state index contributed by atoms with van der Waals surface area (Å²) in [5.41, 5.74) is 1.40. The van der Waals surface area contributed by atoms with Crippen LogP contribution in [-0.2, 0) is 6.54 Å². The van der Waals surface area contributed by atoms with Gasteiger partial charge in [0.05, 0.1) is 0 Å². The van der Waals surface area contributed by atoms with Gasteiger partial charge >= 0.3 is 0 Å². The van der Waals surface area contributed by atoms with Crippen LogP contribution in [0.4, 0.5) is 0 Å². The number of halogens is 1. The minimum atomic E-state index is 0.911. The normalized spacial score (nSPS) is 24.8. The largest absolute Gasteiger partial charge is 0.312 e. The maximum Gasteiger partial charge on any atom is 0.0205 e. The van der Waals surface area contributed by atoms with E-state index < -0.39 is 0 Å². The highest BCUT2D eigenvalue weighted by Crippen LogP contribution is 2.27. The first-order valence-electron chi connectivity index (χ1n) is 6.69. The molecule has 0 aromatic heterocycles. The molecule has 17 heavy (non-hydrogen) atoms. The Bertz CT molecular complexity index is 343. The SMILES string of the molecule is CC1CCC(CNCc2cccc(I)c2)CC1. The molecule has 0 radical (unpaired) electrons. The second-order valence-corrected chi connectivity index (χ2v) is 6.63. The molecule has 0 unspecified atom stereocenters. The molecule has 2 rings (SSSR count). The molecule has 1 fully saturated rings. The van der Waals surface area contributed by atoms with Gasteiger partial charge in [-0.25, -0.2) is 0 Å². The first-order chi connectivity index (χ1) is 8.24. The third-order valence-electron chi connectivity index (χ3n) is 3.79. The van der Waals surface area contributed by atoms with Crippen molar-refractivity contribution in [1.82, 2.24) is 5.32 Å². The Kier molecular flexibility index (Phi) is 5.29. The van der Waals surface area contributed by atoms with E-state index in [1.54, 1.807) is 0 Å². The van der Waals surface area contributed by atoms with E-state index in [1.165, 1.54) is 41.4 Å². The lowest BCUT2D eigenvalue weighted by Gasteiger charge is -2.26. The lowest BCUT2D eigenvalue weighted by molar-refractivity contribution is 0.281. The van der Waals surface area contributed by atoms with Crippen molar-refractivity contribution >= 4 is 22.6 Å². The van der Waals surface area contributed by atoms with Crippen LogP contribution in [0.2, 0.25) is 0 Å². The quantitative estimate of drug-likeness (QED) is 0.808. The number of benzene rings is 1. The van der Waals surface area contributed by atoms with Crippen LogP contribution in [0.15, 0.2) is 24.3 Å². The van der Waals surface area contributed by atoms with E-state index >= 15 is 0 Å². The minimum absolute atomic E-state index is 0.911. The fourth-order valence-corrected chi connectivity index (χ4v) is 3.21. The molecule has 0 atom stereocenters. The highest BCUT2D eigenvalue weighted by atomic mass is 127. The predicted molar refractivity (Wildman–Crippen MR) is 82.0 cm³/mol. The highest BCUT2D eigenvalue weighted by molar-refractivity contribution is 14.1. The molecule has 1 saturated carbocycles. The van der Waals surface area contributed by atoms with Gasteiger partial charge in [0.1, 0.15) is 0 Å². The van der Waals surface area contributed by atoms with E-state index in [9.17, 15) is 0 Å². The molecular weight excluding hydrogens is 321 g/mol. The first-order valence-corrected chi connectivity index (χ1v) is 7.77. The molecule has 1 N–H and O–H groups in total. The molecule has 0 amide bonds. The Morgan fingerprint density at radius 2 is 2.00 bits per heavy atom. The molecule has 0 aliphatic heterocycles. The third kappa shape index (κ3) is 4.59. The van der Waals surface area contributed by atoms with E-state index in [2.05, 4.69) is 59.1 Å². The number of hydrogen-bond donors (Lipinski definition) is 1. The zero-order valence-electron chi connectivity index (χ0n) is 10.6. The average Bonchev–Trinajstić information content (AvgIpc) is 2.32. The summed E-state index contributed by atoms with van der Waals surface area (Å²) in [6, 6.07) is 8.75. The van der Waals surface area contributed by atoms with E-state index in [4.69, 9.17) is 0 Å². The van der Waals surface area contributed by atoms with Crippen molar-refractivity contribution in [2.24, 2.45) is 11.8 Å². The Balaban J connectivity index is 1.69. The number of nitrogens with one attached hydrogen (secondary N) is 1. The summed E-state index contributed by atoms with van der Waals surface area (Å²) in [7, 11) is 0. The maximum absolute atomic E-state index is 3.61. The summed E-state index contributed by atoms with van der Waals surface area (Å²) in [5.74, 6) is 1.87. The van der Waals surface area contributed by atoms with Crippen LogP contribution in [0.1, 0.15) is 38.2 Å². The van der Waals surface area contributed by atoms with Crippen LogP contribution in [0, 0.1) is 15.4 Å². The Labute approximate surface area is 119 Å². The topological polar surface area (TPSA) is 12.0 Å². The molecule has 2 heteroatoms. The smallest absolute Gasteiger partial charge is 0.0205 e. The second-order valence-electron chi connectivity index (χ2n) is 5.39. The van der Waals surface area contributed by atoms with Crippen LogP contribution >= 0.6 is 22.6 Å². The number of rotatable bonds is 4. The second kappa shape index (κ2) is 6.74. The molecular formula is C15H22IN. The van der Waals surface area contributed by atoms with Crippen molar-refractivity contribution in [1.29, 1.82) is 0 Å². The summed E-state index contributed by atoms with van der Waals surface area (Å²) in [4.78, 5) is 0. The summed E-state index contributed by atoms with van der Waals surface area (Å²) < 4.78 is 1.33. The van der Waals surface area contributed by atoms with E-state index in [1.807, 2.05) is 0 Å². The fraction of sp³-hybridized carbons (Fsp3) is 0.600. The van der Waals surface area contributed by atoms with Crippen LogP contribution in [0.5, 0.6) is 0 Å². The first kappa shape index (κ1) is 13.3. The zero-order valence-corrected chi connectivity index (χ0v) is 12.7. The Morgan fingerprint density at radius 3 is 2.71 bits per heavy atom. The van der Waals surface area contributed by atoms with Gasteiger partial charge in [0.15, 0.2) is 0 Å². The molecule has 1 aliphatic carbocycles. The van der Waals surface area contributed by atoms with Gasteiger partial charge in [-0.05, 0) is 71.5 Å². The molecule has 1 aromatic rings. The lowest BCUT2D eigenvalue weighted by Crippen LogP contribution is -2.25. The van der Waals surface area contributed by atoms with Gasteiger partial charge in [0.25, 0.3) is 0 Å². The van der Waals surface area contributed by atoms with Gasteiger partial charge in [-0.3, -0.25) is 0 Å². The van der Waals surface area contributed by atoms with E-state index in [0.29, 0.717) is 0 Å². The molecule has 0 bridgehead atoms. The monoisotopic (exact) mass is 343 g/mol. The van der Waals surface area contributed by atoms with Gasteiger partial charge in [0.2, 0.25) is 0 Å². The summed E-state index contributed by atoms with van der Waals surface area (Å²) in [6.07, 6.45) is 5.69. The standard InChI is InChI=1S/C15H22IN/c1-12-5-7-13(8-6-12)10-17-11-14-3-2-4-15(16)9-14/h2-4,9,12-13,17H,5-8,10-11H2,1H3. The van der Waals surface area contributed by atoms with Gasteiger partial charge in [-0.1, -0.05) is 31.9 Å². The van der Waals surface area contributed by atoms with Crippen molar-refractivity contribution in [3.05, 3.63) is 33.4 Å². The van der Waals surface area contributed by atoms with Gasteiger partial charge in [-0.15, -0.1) is 0 Å². The number of hydrogen-bond acceptors (Lipinski definition) is 1. The van der Waals surface area contributed by atoms with Crippen LogP contribution in [0.3, 0.4) is 0 Å². The van der Waals surface area contributed by atoms with Gasteiger partial charge in [-0.2, -0.15) is 0 Å². The summed E-state index contributed by atoms with van der Waals surface area (Å²) >= 11 is 2.37.